The van der Waals surface area contributed by atoms with E-state index in [2.05, 4.69) is 21.0 Å². The fraction of sp³-hybridized carbons (Fsp3) is 0.556. The van der Waals surface area contributed by atoms with Gasteiger partial charge in [0.1, 0.15) is 5.82 Å². The van der Waals surface area contributed by atoms with Gasteiger partial charge in [0.25, 0.3) is 0 Å². The summed E-state index contributed by atoms with van der Waals surface area (Å²) in [7, 11) is 0. The number of alkyl halides is 1. The van der Waals surface area contributed by atoms with Gasteiger partial charge in [-0.2, -0.15) is 5.10 Å². The largest absolute Gasteiger partial charge is 0.296 e. The topological polar surface area (TPSA) is 38.1 Å². The molecule has 1 unspecified atom stereocenters. The quantitative estimate of drug-likeness (QED) is 0.752. The number of rotatable bonds is 2. The molecular formula is C9H12BrN3O. The van der Waals surface area contributed by atoms with Crippen LogP contribution in [0.15, 0.2) is 12.3 Å². The molecule has 1 aromatic rings. The molecule has 0 N–H and O–H groups in total. The van der Waals surface area contributed by atoms with E-state index in [1.54, 1.807) is 11.1 Å². The number of halogens is 1. The van der Waals surface area contributed by atoms with Gasteiger partial charge in [-0.05, 0) is 6.92 Å². The van der Waals surface area contributed by atoms with E-state index in [9.17, 15) is 4.79 Å². The molecule has 5 heteroatoms. The Bertz CT molecular complexity index is 350. The minimum absolute atomic E-state index is 0.169. The molecule has 2 rings (SSSR count). The van der Waals surface area contributed by atoms with Gasteiger partial charge in [-0.25, -0.2) is 4.68 Å². The van der Waals surface area contributed by atoms with Crippen LogP contribution in [0.5, 0.6) is 0 Å². The number of aromatic nitrogens is 2. The predicted octanol–water partition coefficient (Wildman–Crippen LogP) is 1.40. The van der Waals surface area contributed by atoms with Crippen molar-refractivity contribution in [1.82, 2.24) is 9.78 Å². The number of amides is 1. The number of carbonyl (C=O) groups excluding carboxylic acids is 1. The molecule has 1 saturated heterocycles. The van der Waals surface area contributed by atoms with E-state index in [4.69, 9.17) is 0 Å². The summed E-state index contributed by atoms with van der Waals surface area (Å²) < 4.78 is 1.84. The zero-order valence-corrected chi connectivity index (χ0v) is 9.57. The number of hydrogen-bond acceptors (Lipinski definition) is 2. The van der Waals surface area contributed by atoms with Crippen molar-refractivity contribution in [2.24, 2.45) is 0 Å². The van der Waals surface area contributed by atoms with Gasteiger partial charge in [-0.15, -0.1) is 0 Å². The molecule has 1 atom stereocenters. The van der Waals surface area contributed by atoms with E-state index in [-0.39, 0.29) is 10.7 Å². The van der Waals surface area contributed by atoms with E-state index in [0.29, 0.717) is 6.42 Å². The second-order valence-corrected chi connectivity index (χ2v) is 4.61. The molecule has 1 aliphatic heterocycles. The van der Waals surface area contributed by atoms with E-state index in [1.807, 2.05) is 17.7 Å². The van der Waals surface area contributed by atoms with Gasteiger partial charge >= 0.3 is 0 Å². The number of nitrogens with zero attached hydrogens (tertiary/aromatic N) is 3. The summed E-state index contributed by atoms with van der Waals surface area (Å²) in [5, 5.41) is 4.15. The van der Waals surface area contributed by atoms with Gasteiger partial charge in [0.15, 0.2) is 0 Å². The molecule has 76 valence electrons. The maximum absolute atomic E-state index is 11.6. The average Bonchev–Trinajstić information content (AvgIpc) is 2.71. The summed E-state index contributed by atoms with van der Waals surface area (Å²) in [4.78, 5) is 13.7. The molecule has 0 bridgehead atoms. The molecule has 4 nitrogen and oxygen atoms in total. The van der Waals surface area contributed by atoms with Crippen molar-refractivity contribution in [3.63, 3.8) is 0 Å². The van der Waals surface area contributed by atoms with Crippen molar-refractivity contribution in [2.45, 2.75) is 24.7 Å². The van der Waals surface area contributed by atoms with E-state index < -0.39 is 0 Å². The average molecular weight is 258 g/mol. The third-order valence-electron chi connectivity index (χ3n) is 2.35. The van der Waals surface area contributed by atoms with Crippen molar-refractivity contribution in [2.75, 3.05) is 11.4 Å². The van der Waals surface area contributed by atoms with Crippen LogP contribution in [0.1, 0.15) is 13.3 Å². The Morgan fingerprint density at radius 2 is 2.50 bits per heavy atom. The SMILES string of the molecule is CCn1nccc1N1CC(Br)CC1=O. The van der Waals surface area contributed by atoms with E-state index in [0.717, 1.165) is 18.9 Å². The van der Waals surface area contributed by atoms with Crippen LogP contribution in [0.4, 0.5) is 5.82 Å². The molecule has 1 aromatic heterocycles. The lowest BCUT2D eigenvalue weighted by atomic mass is 10.4. The summed E-state index contributed by atoms with van der Waals surface area (Å²) >= 11 is 3.46. The lowest BCUT2D eigenvalue weighted by Crippen LogP contribution is -2.27. The second kappa shape index (κ2) is 3.73. The van der Waals surface area contributed by atoms with Gasteiger partial charge < -0.3 is 0 Å². The number of aryl methyl sites for hydroxylation is 1. The summed E-state index contributed by atoms with van der Waals surface area (Å²) in [6.45, 7) is 3.55. The Kier molecular flexibility index (Phi) is 2.58. The van der Waals surface area contributed by atoms with Gasteiger partial charge in [0, 0.05) is 30.4 Å². The zero-order chi connectivity index (χ0) is 10.1. The van der Waals surface area contributed by atoms with Crippen LogP contribution in [0.3, 0.4) is 0 Å². The first-order valence-corrected chi connectivity index (χ1v) is 5.60. The van der Waals surface area contributed by atoms with Gasteiger partial charge in [0.2, 0.25) is 5.91 Å². The highest BCUT2D eigenvalue weighted by Gasteiger charge is 2.30. The monoisotopic (exact) mass is 257 g/mol. The number of carbonyl (C=O) groups is 1. The van der Waals surface area contributed by atoms with Crippen LogP contribution in [0.2, 0.25) is 0 Å². The molecule has 1 aliphatic rings. The van der Waals surface area contributed by atoms with Crippen LogP contribution in [0, 0.1) is 0 Å². The third-order valence-corrected chi connectivity index (χ3v) is 2.96. The van der Waals surface area contributed by atoms with Crippen molar-refractivity contribution < 1.29 is 4.79 Å². The highest BCUT2D eigenvalue weighted by molar-refractivity contribution is 9.09. The summed E-state index contributed by atoms with van der Waals surface area (Å²) in [5.41, 5.74) is 0. The smallest absolute Gasteiger partial charge is 0.229 e. The lowest BCUT2D eigenvalue weighted by Gasteiger charge is -2.16. The fourth-order valence-corrected chi connectivity index (χ4v) is 2.25. The Balaban J connectivity index is 2.27. The molecule has 2 heterocycles. The minimum atomic E-state index is 0.169. The normalized spacial score (nSPS) is 22.0. The van der Waals surface area contributed by atoms with Gasteiger partial charge in [0.05, 0.1) is 6.20 Å². The van der Waals surface area contributed by atoms with Gasteiger partial charge in [-0.3, -0.25) is 9.69 Å². The molecule has 0 saturated carbocycles. The number of hydrogen-bond donors (Lipinski definition) is 0. The molecule has 0 radical (unpaired) electrons. The first-order valence-electron chi connectivity index (χ1n) is 4.68. The van der Waals surface area contributed by atoms with Crippen LogP contribution in [-0.4, -0.2) is 27.1 Å². The Hall–Kier alpha value is -0.840. The maximum Gasteiger partial charge on any atom is 0.229 e. The van der Waals surface area contributed by atoms with Gasteiger partial charge in [-0.1, -0.05) is 15.9 Å². The van der Waals surface area contributed by atoms with Crippen molar-refractivity contribution >= 4 is 27.7 Å². The first-order chi connectivity index (χ1) is 6.72. The second-order valence-electron chi connectivity index (χ2n) is 3.31. The van der Waals surface area contributed by atoms with E-state index >= 15 is 0 Å². The molecule has 0 spiro atoms. The third kappa shape index (κ3) is 1.56. The van der Waals surface area contributed by atoms with Crippen molar-refractivity contribution in [3.05, 3.63) is 12.3 Å². The Labute approximate surface area is 91.0 Å². The molecular weight excluding hydrogens is 246 g/mol. The van der Waals surface area contributed by atoms with Crippen LogP contribution >= 0.6 is 15.9 Å². The van der Waals surface area contributed by atoms with Crippen LogP contribution < -0.4 is 4.90 Å². The lowest BCUT2D eigenvalue weighted by molar-refractivity contribution is -0.117. The Morgan fingerprint density at radius 3 is 3.07 bits per heavy atom. The van der Waals surface area contributed by atoms with Crippen LogP contribution in [-0.2, 0) is 11.3 Å². The molecule has 0 aromatic carbocycles. The van der Waals surface area contributed by atoms with Crippen LogP contribution in [0.25, 0.3) is 0 Å². The fourth-order valence-electron chi connectivity index (χ4n) is 1.68. The number of anilines is 1. The molecule has 1 amide bonds. The molecule has 0 aliphatic carbocycles. The molecule has 14 heavy (non-hydrogen) atoms. The predicted molar refractivity (Wildman–Crippen MR) is 57.6 cm³/mol. The minimum Gasteiger partial charge on any atom is -0.296 e. The summed E-state index contributed by atoms with van der Waals surface area (Å²) in [5.74, 6) is 1.07. The Morgan fingerprint density at radius 1 is 1.71 bits per heavy atom. The molecule has 1 fully saturated rings. The van der Waals surface area contributed by atoms with Crippen molar-refractivity contribution in [3.8, 4) is 0 Å². The standard InChI is InChI=1S/C9H12BrN3O/c1-2-13-8(3-4-11-13)12-6-7(10)5-9(12)14/h3-4,7H,2,5-6H2,1H3. The van der Waals surface area contributed by atoms with E-state index in [1.165, 1.54) is 0 Å². The highest BCUT2D eigenvalue weighted by Crippen LogP contribution is 2.24. The zero-order valence-electron chi connectivity index (χ0n) is 7.98. The summed E-state index contributed by atoms with van der Waals surface area (Å²) in [6.07, 6.45) is 2.31. The summed E-state index contributed by atoms with van der Waals surface area (Å²) in [6, 6.07) is 1.88. The van der Waals surface area contributed by atoms with Crippen molar-refractivity contribution in [1.29, 1.82) is 0 Å². The first kappa shape index (κ1) is 9.71. The highest BCUT2D eigenvalue weighted by atomic mass is 79.9. The maximum atomic E-state index is 11.6.